The third kappa shape index (κ3) is 4.58. The first-order chi connectivity index (χ1) is 13.0. The van der Waals surface area contributed by atoms with E-state index in [0.717, 1.165) is 19.3 Å². The lowest BCUT2D eigenvalue weighted by atomic mass is 10.2. The van der Waals surface area contributed by atoms with Crippen molar-refractivity contribution < 1.29 is 22.4 Å². The van der Waals surface area contributed by atoms with E-state index in [0.29, 0.717) is 30.3 Å². The number of carbonyl (C=O) groups excluding carboxylic acids is 1. The Morgan fingerprint density at radius 3 is 2.67 bits per heavy atom. The van der Waals surface area contributed by atoms with Crippen LogP contribution >= 0.6 is 0 Å². The second-order valence-electron chi connectivity index (χ2n) is 6.16. The zero-order valence-electron chi connectivity index (χ0n) is 15.1. The molecule has 144 valence electrons. The van der Waals surface area contributed by atoms with E-state index in [4.69, 9.17) is 9.15 Å². The van der Waals surface area contributed by atoms with E-state index in [2.05, 4.69) is 5.32 Å². The number of hydrogen-bond acceptors (Lipinski definition) is 5. The van der Waals surface area contributed by atoms with E-state index < -0.39 is 15.9 Å². The maximum atomic E-state index is 12.9. The zero-order chi connectivity index (χ0) is 19.3. The summed E-state index contributed by atoms with van der Waals surface area (Å²) >= 11 is 0. The summed E-state index contributed by atoms with van der Waals surface area (Å²) < 4.78 is 37.6. The normalized spacial score (nSPS) is 15.7. The Bertz CT molecular complexity index is 914. The number of amides is 1. The van der Waals surface area contributed by atoms with Crippen molar-refractivity contribution in [3.63, 3.8) is 0 Å². The predicted molar refractivity (Wildman–Crippen MR) is 102 cm³/mol. The summed E-state index contributed by atoms with van der Waals surface area (Å²) in [4.78, 5) is 12.3. The van der Waals surface area contributed by atoms with Gasteiger partial charge in [0.25, 0.3) is 0 Å². The molecule has 8 heteroatoms. The summed E-state index contributed by atoms with van der Waals surface area (Å²) in [5, 5.41) is 2.66. The highest BCUT2D eigenvalue weighted by Gasteiger charge is 2.26. The maximum absolute atomic E-state index is 12.9. The zero-order valence-corrected chi connectivity index (χ0v) is 15.9. The third-order valence-electron chi connectivity index (χ3n) is 4.32. The van der Waals surface area contributed by atoms with Gasteiger partial charge in [-0.25, -0.2) is 8.42 Å². The summed E-state index contributed by atoms with van der Waals surface area (Å²) in [7, 11) is -2.14. The molecule has 27 heavy (non-hydrogen) atoms. The summed E-state index contributed by atoms with van der Waals surface area (Å²) in [5.74, 6) is 0.503. The van der Waals surface area contributed by atoms with Crippen LogP contribution in [0.1, 0.15) is 25.0 Å². The molecule has 1 aliphatic rings. The first kappa shape index (κ1) is 19.2. The Labute approximate surface area is 158 Å². The summed E-state index contributed by atoms with van der Waals surface area (Å²) in [6, 6.07) is 7.91. The van der Waals surface area contributed by atoms with Crippen LogP contribution in [0.5, 0.6) is 5.75 Å². The number of ether oxygens (including phenoxy) is 1. The first-order valence-electron chi connectivity index (χ1n) is 8.71. The summed E-state index contributed by atoms with van der Waals surface area (Å²) in [5.41, 5.74) is 0.296. The maximum Gasteiger partial charge on any atom is 0.248 e. The predicted octanol–water partition coefficient (Wildman–Crippen LogP) is 3.11. The Morgan fingerprint density at radius 2 is 2.00 bits per heavy atom. The molecular formula is C19H22N2O5S. The fourth-order valence-electron chi connectivity index (χ4n) is 2.92. The van der Waals surface area contributed by atoms with E-state index in [1.807, 2.05) is 0 Å². The van der Waals surface area contributed by atoms with E-state index in [1.165, 1.54) is 42.0 Å². The molecule has 1 fully saturated rings. The van der Waals surface area contributed by atoms with Crippen LogP contribution < -0.4 is 10.1 Å². The van der Waals surface area contributed by atoms with Crippen LogP contribution in [0.3, 0.4) is 0 Å². The number of nitrogens with one attached hydrogen (secondary N) is 1. The first-order valence-corrected chi connectivity index (χ1v) is 10.2. The standard InChI is InChI=1S/C19H22N2O5S/c1-25-18-9-8-16(27(23,24)21-11-3-2-4-12-21)14-17(18)20-19(22)10-7-15-6-5-13-26-15/h5-10,13-14H,2-4,11-12H2,1H3,(H,20,22). The van der Waals surface area contributed by atoms with Gasteiger partial charge in [0.2, 0.25) is 15.9 Å². The van der Waals surface area contributed by atoms with Crippen LogP contribution in [0, 0.1) is 0 Å². The summed E-state index contributed by atoms with van der Waals surface area (Å²) in [6.45, 7) is 1.03. The molecule has 7 nitrogen and oxygen atoms in total. The summed E-state index contributed by atoms with van der Waals surface area (Å²) in [6.07, 6.45) is 7.10. The molecule has 0 spiro atoms. The van der Waals surface area contributed by atoms with Crippen molar-refractivity contribution in [3.8, 4) is 5.75 Å². The lowest BCUT2D eigenvalue weighted by molar-refractivity contribution is -0.111. The average Bonchev–Trinajstić information content (AvgIpc) is 3.20. The minimum absolute atomic E-state index is 0.135. The fraction of sp³-hybridized carbons (Fsp3) is 0.316. The number of benzene rings is 1. The molecule has 0 radical (unpaired) electrons. The van der Waals surface area contributed by atoms with Gasteiger partial charge in [-0.3, -0.25) is 4.79 Å². The van der Waals surface area contributed by atoms with Gasteiger partial charge in [0, 0.05) is 19.2 Å². The van der Waals surface area contributed by atoms with Crippen LogP contribution in [0.4, 0.5) is 5.69 Å². The van der Waals surface area contributed by atoms with Gasteiger partial charge in [0.05, 0.1) is 24.0 Å². The van der Waals surface area contributed by atoms with Gasteiger partial charge in [-0.15, -0.1) is 0 Å². The van der Waals surface area contributed by atoms with E-state index in [9.17, 15) is 13.2 Å². The fourth-order valence-corrected chi connectivity index (χ4v) is 4.46. The molecular weight excluding hydrogens is 368 g/mol. The Balaban J connectivity index is 1.82. The molecule has 3 rings (SSSR count). The van der Waals surface area contributed by atoms with Crippen LogP contribution in [0.15, 0.2) is 52.0 Å². The van der Waals surface area contributed by atoms with Crippen molar-refractivity contribution in [2.45, 2.75) is 24.2 Å². The van der Waals surface area contributed by atoms with Crippen LogP contribution in [0.2, 0.25) is 0 Å². The lowest BCUT2D eigenvalue weighted by Crippen LogP contribution is -2.35. The third-order valence-corrected chi connectivity index (χ3v) is 6.22. The molecule has 2 heterocycles. The molecule has 1 aromatic carbocycles. The minimum Gasteiger partial charge on any atom is -0.495 e. The van der Waals surface area contributed by atoms with Gasteiger partial charge in [-0.05, 0) is 49.2 Å². The number of furan rings is 1. The van der Waals surface area contributed by atoms with Gasteiger partial charge in [0.15, 0.2) is 0 Å². The monoisotopic (exact) mass is 390 g/mol. The Hall–Kier alpha value is -2.58. The Morgan fingerprint density at radius 1 is 1.22 bits per heavy atom. The largest absolute Gasteiger partial charge is 0.495 e. The number of hydrogen-bond donors (Lipinski definition) is 1. The van der Waals surface area contributed by atoms with Crippen molar-refractivity contribution in [3.05, 3.63) is 48.4 Å². The molecule has 1 saturated heterocycles. The average molecular weight is 390 g/mol. The van der Waals surface area contributed by atoms with Crippen molar-refractivity contribution in [1.82, 2.24) is 4.31 Å². The topological polar surface area (TPSA) is 88.9 Å². The molecule has 0 bridgehead atoms. The number of rotatable bonds is 6. The molecule has 1 aliphatic heterocycles. The smallest absolute Gasteiger partial charge is 0.248 e. The molecule has 0 atom stereocenters. The number of carbonyl (C=O) groups is 1. The number of piperidine rings is 1. The van der Waals surface area contributed by atoms with Gasteiger partial charge >= 0.3 is 0 Å². The van der Waals surface area contributed by atoms with E-state index in [1.54, 1.807) is 18.2 Å². The van der Waals surface area contributed by atoms with Crippen molar-refractivity contribution in [2.75, 3.05) is 25.5 Å². The molecule has 1 N–H and O–H groups in total. The van der Waals surface area contributed by atoms with Crippen LogP contribution in [-0.4, -0.2) is 38.8 Å². The molecule has 2 aromatic rings. The highest BCUT2D eigenvalue weighted by molar-refractivity contribution is 7.89. The van der Waals surface area contributed by atoms with Crippen molar-refractivity contribution in [2.24, 2.45) is 0 Å². The highest BCUT2D eigenvalue weighted by atomic mass is 32.2. The number of nitrogens with zero attached hydrogens (tertiary/aromatic N) is 1. The minimum atomic E-state index is -3.60. The van der Waals surface area contributed by atoms with E-state index >= 15 is 0 Å². The number of methoxy groups -OCH3 is 1. The SMILES string of the molecule is COc1ccc(S(=O)(=O)N2CCCCC2)cc1NC(=O)C=Cc1ccco1. The van der Waals surface area contributed by atoms with Gasteiger partial charge < -0.3 is 14.5 Å². The second-order valence-corrected chi connectivity index (χ2v) is 8.10. The van der Waals surface area contributed by atoms with Crippen LogP contribution in [0.25, 0.3) is 6.08 Å². The molecule has 1 amide bonds. The number of anilines is 1. The molecule has 0 aliphatic carbocycles. The molecule has 1 aromatic heterocycles. The quantitative estimate of drug-likeness (QED) is 0.766. The second kappa shape index (κ2) is 8.41. The van der Waals surface area contributed by atoms with Crippen LogP contribution in [-0.2, 0) is 14.8 Å². The number of sulfonamides is 1. The lowest BCUT2D eigenvalue weighted by Gasteiger charge is -2.26. The molecule has 0 saturated carbocycles. The van der Waals surface area contributed by atoms with Crippen molar-refractivity contribution in [1.29, 1.82) is 0 Å². The Kier molecular flexibility index (Phi) is 5.98. The van der Waals surface area contributed by atoms with Gasteiger partial charge in [-0.1, -0.05) is 6.42 Å². The van der Waals surface area contributed by atoms with E-state index in [-0.39, 0.29) is 4.90 Å². The van der Waals surface area contributed by atoms with Gasteiger partial charge in [0.1, 0.15) is 11.5 Å². The highest BCUT2D eigenvalue weighted by Crippen LogP contribution is 2.30. The van der Waals surface area contributed by atoms with Gasteiger partial charge in [-0.2, -0.15) is 4.31 Å². The molecule has 0 unspecified atom stereocenters. The van der Waals surface area contributed by atoms with Crippen molar-refractivity contribution >= 4 is 27.7 Å².